The van der Waals surface area contributed by atoms with E-state index in [0.29, 0.717) is 26.2 Å². The molecule has 0 fully saturated rings. The molecule has 0 saturated carbocycles. The number of aromatic hydroxyl groups is 1. The first-order valence-corrected chi connectivity index (χ1v) is 11.4. The quantitative estimate of drug-likeness (QED) is 0.562. The van der Waals surface area contributed by atoms with E-state index < -0.39 is 12.0 Å². The van der Waals surface area contributed by atoms with Crippen LogP contribution in [-0.4, -0.2) is 29.4 Å². The van der Waals surface area contributed by atoms with Crippen LogP contribution < -0.4 is 19.6 Å². The second kappa shape index (κ2) is 9.25. The molecular weight excluding hydrogens is 464 g/mol. The maximum atomic E-state index is 13.5. The van der Waals surface area contributed by atoms with Crippen molar-refractivity contribution in [3.8, 4) is 11.5 Å². The standard InChI is InChI=1S/C24H21ClN2O5S/c1-4-32-23(30)19-13(2)26-24-27(20(19)15-8-6-5-7-9-15)22(29)18(33-24)12-14-10-16(25)21(28)17(11-14)31-3/h5-12,20,28H,4H2,1-3H3/b18-12-/t20-/m0/s1. The molecule has 1 aliphatic heterocycles. The molecule has 0 aliphatic carbocycles. The van der Waals surface area contributed by atoms with Crippen LogP contribution in [0.4, 0.5) is 0 Å². The number of benzene rings is 2. The number of allylic oxidation sites excluding steroid dienone is 1. The number of rotatable bonds is 5. The summed E-state index contributed by atoms with van der Waals surface area (Å²) in [5, 5.41) is 10.1. The number of thiazole rings is 1. The van der Waals surface area contributed by atoms with Gasteiger partial charge >= 0.3 is 5.97 Å². The number of ether oxygens (including phenoxy) is 2. The molecule has 0 saturated heterocycles. The molecule has 2 heterocycles. The number of aromatic nitrogens is 1. The fourth-order valence-corrected chi connectivity index (χ4v) is 4.99. The minimum Gasteiger partial charge on any atom is -0.503 e. The summed E-state index contributed by atoms with van der Waals surface area (Å²) in [6.07, 6.45) is 1.66. The van der Waals surface area contributed by atoms with Gasteiger partial charge in [0.25, 0.3) is 5.56 Å². The van der Waals surface area contributed by atoms with Gasteiger partial charge in [-0.05, 0) is 43.2 Å². The zero-order chi connectivity index (χ0) is 23.7. The third kappa shape index (κ3) is 4.19. The first-order valence-electron chi connectivity index (χ1n) is 10.2. The Kier molecular flexibility index (Phi) is 6.40. The van der Waals surface area contributed by atoms with Crippen molar-refractivity contribution in [2.75, 3.05) is 13.7 Å². The Bertz CT molecular complexity index is 1440. The lowest BCUT2D eigenvalue weighted by atomic mass is 9.96. The van der Waals surface area contributed by atoms with E-state index in [1.807, 2.05) is 30.3 Å². The summed E-state index contributed by atoms with van der Waals surface area (Å²) in [5.41, 5.74) is 1.89. The fraction of sp³-hybridized carbons (Fsp3) is 0.208. The highest BCUT2D eigenvalue weighted by atomic mass is 35.5. The number of hydrogen-bond acceptors (Lipinski definition) is 7. The number of carbonyl (C=O) groups excluding carboxylic acids is 1. The number of phenolic OH excluding ortho intramolecular Hbond substituents is 1. The topological polar surface area (TPSA) is 90.1 Å². The van der Waals surface area contributed by atoms with Crippen LogP contribution in [0, 0.1) is 0 Å². The van der Waals surface area contributed by atoms with Crippen LogP contribution in [0.15, 0.2) is 63.5 Å². The zero-order valence-corrected chi connectivity index (χ0v) is 19.7. The summed E-state index contributed by atoms with van der Waals surface area (Å²) in [7, 11) is 1.42. The Hall–Kier alpha value is -3.36. The number of halogens is 1. The average molecular weight is 485 g/mol. The third-order valence-corrected chi connectivity index (χ3v) is 6.47. The van der Waals surface area contributed by atoms with Crippen molar-refractivity contribution in [1.29, 1.82) is 0 Å². The molecule has 1 N–H and O–H groups in total. The van der Waals surface area contributed by atoms with E-state index in [2.05, 4.69) is 4.99 Å². The molecule has 0 unspecified atom stereocenters. The van der Waals surface area contributed by atoms with E-state index in [1.165, 1.54) is 23.0 Å². The van der Waals surface area contributed by atoms with Crippen LogP contribution in [0.2, 0.25) is 5.02 Å². The smallest absolute Gasteiger partial charge is 0.338 e. The summed E-state index contributed by atoms with van der Waals surface area (Å²) < 4.78 is 12.4. The van der Waals surface area contributed by atoms with Gasteiger partial charge in [-0.2, -0.15) is 0 Å². The molecule has 7 nitrogen and oxygen atoms in total. The summed E-state index contributed by atoms with van der Waals surface area (Å²) in [6, 6.07) is 11.8. The maximum absolute atomic E-state index is 13.5. The number of fused-ring (bicyclic) bond motifs is 1. The minimum atomic E-state index is -0.665. The van der Waals surface area contributed by atoms with E-state index in [4.69, 9.17) is 21.1 Å². The van der Waals surface area contributed by atoms with E-state index in [9.17, 15) is 14.7 Å². The van der Waals surface area contributed by atoms with Crippen molar-refractivity contribution in [3.63, 3.8) is 0 Å². The number of esters is 1. The second-order valence-corrected chi connectivity index (χ2v) is 8.68. The molecule has 9 heteroatoms. The molecule has 1 atom stereocenters. The van der Waals surface area contributed by atoms with E-state index >= 15 is 0 Å². The molecule has 33 heavy (non-hydrogen) atoms. The van der Waals surface area contributed by atoms with Crippen LogP contribution in [0.25, 0.3) is 6.08 Å². The Morgan fingerprint density at radius 1 is 1.30 bits per heavy atom. The molecule has 0 spiro atoms. The van der Waals surface area contributed by atoms with E-state index in [1.54, 1.807) is 32.1 Å². The predicted molar refractivity (Wildman–Crippen MR) is 127 cm³/mol. The number of nitrogens with zero attached hydrogens (tertiary/aromatic N) is 2. The number of phenols is 1. The van der Waals surface area contributed by atoms with Gasteiger partial charge in [-0.3, -0.25) is 9.36 Å². The molecular formula is C24H21ClN2O5S. The summed E-state index contributed by atoms with van der Waals surface area (Å²) in [4.78, 5) is 31.4. The van der Waals surface area contributed by atoms with Crippen molar-refractivity contribution < 1.29 is 19.4 Å². The number of methoxy groups -OCH3 is 1. The highest BCUT2D eigenvalue weighted by Crippen LogP contribution is 2.35. The molecule has 3 aromatic rings. The van der Waals surface area contributed by atoms with Crippen molar-refractivity contribution in [3.05, 3.63) is 89.6 Å². The average Bonchev–Trinajstić information content (AvgIpc) is 3.10. The van der Waals surface area contributed by atoms with E-state index in [0.717, 1.165) is 5.56 Å². The van der Waals surface area contributed by atoms with Gasteiger partial charge in [-0.25, -0.2) is 9.79 Å². The highest BCUT2D eigenvalue weighted by molar-refractivity contribution is 7.07. The molecule has 1 aromatic heterocycles. The summed E-state index contributed by atoms with van der Waals surface area (Å²) >= 11 is 7.31. The summed E-state index contributed by atoms with van der Waals surface area (Å²) in [5.74, 6) is -0.474. The fourth-order valence-electron chi connectivity index (χ4n) is 3.73. The molecule has 2 aromatic carbocycles. The Morgan fingerprint density at radius 3 is 2.70 bits per heavy atom. The summed E-state index contributed by atoms with van der Waals surface area (Å²) in [6.45, 7) is 3.69. The monoisotopic (exact) mass is 484 g/mol. The van der Waals surface area contributed by atoms with Gasteiger partial charge < -0.3 is 14.6 Å². The van der Waals surface area contributed by atoms with Gasteiger partial charge in [0, 0.05) is 0 Å². The molecule has 0 bridgehead atoms. The molecule has 0 amide bonds. The first kappa shape index (κ1) is 22.8. The van der Waals surface area contributed by atoms with Gasteiger partial charge in [0.2, 0.25) is 0 Å². The van der Waals surface area contributed by atoms with Crippen LogP contribution in [0.3, 0.4) is 0 Å². The maximum Gasteiger partial charge on any atom is 0.338 e. The normalized spacial score (nSPS) is 15.8. The zero-order valence-electron chi connectivity index (χ0n) is 18.2. The Morgan fingerprint density at radius 2 is 2.03 bits per heavy atom. The lowest BCUT2D eigenvalue weighted by Crippen LogP contribution is -2.39. The van der Waals surface area contributed by atoms with E-state index in [-0.39, 0.29) is 28.7 Å². The van der Waals surface area contributed by atoms with Gasteiger partial charge in [0.1, 0.15) is 0 Å². The van der Waals surface area contributed by atoms with Crippen molar-refractivity contribution in [2.45, 2.75) is 19.9 Å². The number of carbonyl (C=O) groups is 1. The van der Waals surface area contributed by atoms with Gasteiger partial charge in [0.15, 0.2) is 16.3 Å². The highest BCUT2D eigenvalue weighted by Gasteiger charge is 2.33. The van der Waals surface area contributed by atoms with Crippen molar-refractivity contribution in [2.24, 2.45) is 4.99 Å². The third-order valence-electron chi connectivity index (χ3n) is 5.20. The van der Waals surface area contributed by atoms with Crippen LogP contribution in [0.1, 0.15) is 31.0 Å². The van der Waals surface area contributed by atoms with Crippen molar-refractivity contribution in [1.82, 2.24) is 4.57 Å². The largest absolute Gasteiger partial charge is 0.503 e. The minimum absolute atomic E-state index is 0.107. The van der Waals surface area contributed by atoms with Gasteiger partial charge in [0.05, 0.1) is 40.6 Å². The van der Waals surface area contributed by atoms with Crippen molar-refractivity contribution >= 4 is 35.0 Å². The Balaban J connectivity index is 1.95. The SMILES string of the molecule is CCOC(=O)C1=C(C)N=c2s/c(=C\c3cc(Cl)c(O)c(OC)c3)c(=O)n2[C@H]1c1ccccc1. The molecule has 0 radical (unpaired) electrons. The second-order valence-electron chi connectivity index (χ2n) is 7.27. The lowest BCUT2D eigenvalue weighted by Gasteiger charge is -2.24. The van der Waals surface area contributed by atoms with Crippen LogP contribution >= 0.6 is 22.9 Å². The molecule has 1 aliphatic rings. The van der Waals surface area contributed by atoms with Crippen LogP contribution in [-0.2, 0) is 9.53 Å². The lowest BCUT2D eigenvalue weighted by molar-refractivity contribution is -0.139. The molecule has 170 valence electrons. The van der Waals surface area contributed by atoms with Crippen LogP contribution in [0.5, 0.6) is 11.5 Å². The number of hydrogen-bond donors (Lipinski definition) is 1. The van der Waals surface area contributed by atoms with Gasteiger partial charge in [-0.1, -0.05) is 53.3 Å². The predicted octanol–water partition coefficient (Wildman–Crippen LogP) is 3.17. The van der Waals surface area contributed by atoms with Gasteiger partial charge in [-0.15, -0.1) is 0 Å². The molecule has 4 rings (SSSR count). The Labute approximate surface area is 198 Å². The first-order chi connectivity index (χ1) is 15.8.